The lowest BCUT2D eigenvalue weighted by atomic mass is 9.79. The summed E-state index contributed by atoms with van der Waals surface area (Å²) in [5, 5.41) is 12.1. The zero-order valence-corrected chi connectivity index (χ0v) is 16.6. The summed E-state index contributed by atoms with van der Waals surface area (Å²) < 4.78 is 0. The molecule has 0 aromatic heterocycles. The number of rotatable bonds is 5. The molecule has 1 aliphatic heterocycles. The molecular weight excluding hydrogens is 386 g/mol. The number of carbonyl (C=O) groups excluding carboxylic acids is 2. The maximum atomic E-state index is 13.4. The van der Waals surface area contributed by atoms with Crippen molar-refractivity contribution in [3.05, 3.63) is 101 Å². The second-order valence-corrected chi connectivity index (χ2v) is 7.69. The zero-order chi connectivity index (χ0) is 20.6. The van der Waals surface area contributed by atoms with Crippen molar-refractivity contribution in [3.8, 4) is 0 Å². The van der Waals surface area contributed by atoms with Crippen molar-refractivity contribution in [3.63, 3.8) is 0 Å². The second kappa shape index (κ2) is 7.47. The van der Waals surface area contributed by atoms with Gasteiger partial charge in [0.05, 0.1) is 18.2 Å². The van der Waals surface area contributed by atoms with Crippen molar-refractivity contribution in [1.82, 2.24) is 0 Å². The van der Waals surface area contributed by atoms with Gasteiger partial charge in [-0.05, 0) is 35.9 Å². The number of para-hydroxylation sites is 1. The number of fused-ring (bicyclic) bond motifs is 1. The predicted molar refractivity (Wildman–Crippen MR) is 113 cm³/mol. The Morgan fingerprint density at radius 3 is 2.31 bits per heavy atom. The molecule has 29 heavy (non-hydrogen) atoms. The molecule has 1 N–H and O–H groups in total. The number of hydrogen-bond donors (Lipinski definition) is 1. The highest BCUT2D eigenvalue weighted by molar-refractivity contribution is 6.30. The maximum Gasteiger partial charge on any atom is 0.264 e. The molecule has 1 aliphatic rings. The summed E-state index contributed by atoms with van der Waals surface area (Å²) in [6, 6.07) is 23.1. The maximum absolute atomic E-state index is 13.4. The molecule has 0 bridgehead atoms. The minimum atomic E-state index is -1.93. The third-order valence-electron chi connectivity index (χ3n) is 5.51. The predicted octanol–water partition coefficient (Wildman–Crippen LogP) is 4.59. The first kappa shape index (κ1) is 19.4. The Morgan fingerprint density at radius 2 is 1.62 bits per heavy atom. The number of halogens is 1. The van der Waals surface area contributed by atoms with Crippen molar-refractivity contribution in [2.45, 2.75) is 19.1 Å². The SMILES string of the molecule is C[C@H](C(=O)c1ccc(Cl)cc1)[C@]1(O)C(=O)N(Cc2ccccc2)c2ccccc21. The van der Waals surface area contributed by atoms with Gasteiger partial charge in [-0.1, -0.05) is 67.1 Å². The average molecular weight is 406 g/mol. The van der Waals surface area contributed by atoms with Gasteiger partial charge in [-0.15, -0.1) is 0 Å². The standard InChI is InChI=1S/C24H20ClNO3/c1-16(22(27)18-11-13-19(25)14-12-18)24(29)20-9-5-6-10-21(20)26(23(24)28)15-17-7-3-2-4-8-17/h2-14,16,29H,15H2,1H3/t16-,24-/m1/s1. The molecule has 5 heteroatoms. The Hall–Kier alpha value is -2.95. The number of hydrogen-bond acceptors (Lipinski definition) is 3. The Morgan fingerprint density at radius 1 is 1.00 bits per heavy atom. The van der Waals surface area contributed by atoms with Gasteiger partial charge in [0.2, 0.25) is 0 Å². The number of nitrogens with zero attached hydrogens (tertiary/aromatic N) is 1. The van der Waals surface area contributed by atoms with Gasteiger partial charge < -0.3 is 10.0 Å². The molecule has 3 aromatic carbocycles. The van der Waals surface area contributed by atoms with Crippen LogP contribution in [0.25, 0.3) is 0 Å². The van der Waals surface area contributed by atoms with E-state index in [1.54, 1.807) is 54.3 Å². The summed E-state index contributed by atoms with van der Waals surface area (Å²) in [6.07, 6.45) is 0. The van der Waals surface area contributed by atoms with Crippen LogP contribution in [0.3, 0.4) is 0 Å². The lowest BCUT2D eigenvalue weighted by Gasteiger charge is -2.28. The zero-order valence-electron chi connectivity index (χ0n) is 15.9. The van der Waals surface area contributed by atoms with Gasteiger partial charge >= 0.3 is 0 Å². The molecule has 4 nitrogen and oxygen atoms in total. The first-order valence-electron chi connectivity index (χ1n) is 9.40. The normalized spacial score (nSPS) is 19.1. The van der Waals surface area contributed by atoms with Crippen LogP contribution >= 0.6 is 11.6 Å². The Kier molecular flexibility index (Phi) is 4.99. The first-order valence-corrected chi connectivity index (χ1v) is 9.78. The molecule has 146 valence electrons. The van der Waals surface area contributed by atoms with Gasteiger partial charge in [-0.3, -0.25) is 9.59 Å². The van der Waals surface area contributed by atoms with E-state index in [1.165, 1.54) is 0 Å². The molecule has 1 amide bonds. The third-order valence-corrected chi connectivity index (χ3v) is 5.76. The van der Waals surface area contributed by atoms with Crippen LogP contribution in [0.15, 0.2) is 78.9 Å². The Bertz CT molecular complexity index is 1060. The fourth-order valence-electron chi connectivity index (χ4n) is 3.86. The van der Waals surface area contributed by atoms with E-state index in [2.05, 4.69) is 0 Å². The lowest BCUT2D eigenvalue weighted by molar-refractivity contribution is -0.139. The Labute approximate surface area is 174 Å². The van der Waals surface area contributed by atoms with Crippen LogP contribution in [-0.2, 0) is 16.9 Å². The van der Waals surface area contributed by atoms with Crippen LogP contribution in [0, 0.1) is 5.92 Å². The van der Waals surface area contributed by atoms with E-state index in [-0.39, 0.29) is 5.78 Å². The molecule has 0 saturated heterocycles. The van der Waals surface area contributed by atoms with E-state index in [0.29, 0.717) is 28.4 Å². The second-order valence-electron chi connectivity index (χ2n) is 7.25. The van der Waals surface area contributed by atoms with E-state index < -0.39 is 17.4 Å². The number of Topliss-reactive ketones (excluding diaryl/α,β-unsaturated/α-hetero) is 1. The number of anilines is 1. The monoisotopic (exact) mass is 405 g/mol. The van der Waals surface area contributed by atoms with E-state index in [9.17, 15) is 14.7 Å². The third kappa shape index (κ3) is 3.24. The molecule has 0 spiro atoms. The van der Waals surface area contributed by atoms with Crippen LogP contribution < -0.4 is 4.90 Å². The number of carbonyl (C=O) groups is 2. The van der Waals surface area contributed by atoms with Gasteiger partial charge in [0.15, 0.2) is 11.4 Å². The fraction of sp³-hybridized carbons (Fsp3) is 0.167. The van der Waals surface area contributed by atoms with Gasteiger partial charge in [0, 0.05) is 16.1 Å². The summed E-state index contributed by atoms with van der Waals surface area (Å²) in [6.45, 7) is 1.92. The van der Waals surface area contributed by atoms with Crippen LogP contribution in [-0.4, -0.2) is 16.8 Å². The Balaban J connectivity index is 1.73. The summed E-state index contributed by atoms with van der Waals surface area (Å²) in [4.78, 5) is 28.1. The molecule has 0 radical (unpaired) electrons. The van der Waals surface area contributed by atoms with Crippen LogP contribution in [0.4, 0.5) is 5.69 Å². The molecule has 0 fully saturated rings. The molecule has 2 atom stereocenters. The van der Waals surface area contributed by atoms with Crippen LogP contribution in [0.2, 0.25) is 5.02 Å². The van der Waals surface area contributed by atoms with Crippen LogP contribution in [0.5, 0.6) is 0 Å². The van der Waals surface area contributed by atoms with E-state index in [0.717, 1.165) is 5.56 Å². The molecule has 3 aromatic rings. The lowest BCUT2D eigenvalue weighted by Crippen LogP contribution is -2.47. The van der Waals surface area contributed by atoms with Gasteiger partial charge in [0.1, 0.15) is 0 Å². The number of aliphatic hydroxyl groups is 1. The van der Waals surface area contributed by atoms with E-state index >= 15 is 0 Å². The summed E-state index contributed by atoms with van der Waals surface area (Å²) >= 11 is 5.92. The van der Waals surface area contributed by atoms with Crippen molar-refractivity contribution < 1.29 is 14.7 Å². The molecular formula is C24H20ClNO3. The van der Waals surface area contributed by atoms with Gasteiger partial charge in [-0.2, -0.15) is 0 Å². The van der Waals surface area contributed by atoms with Crippen molar-refractivity contribution in [2.24, 2.45) is 5.92 Å². The van der Waals surface area contributed by atoms with Gasteiger partial charge in [0.25, 0.3) is 5.91 Å². The van der Waals surface area contributed by atoms with Crippen molar-refractivity contribution >= 4 is 29.0 Å². The molecule has 0 unspecified atom stereocenters. The highest BCUT2D eigenvalue weighted by atomic mass is 35.5. The summed E-state index contributed by atoms with van der Waals surface area (Å²) in [5.41, 5.74) is 0.497. The minimum absolute atomic E-state index is 0.311. The smallest absolute Gasteiger partial charge is 0.264 e. The largest absolute Gasteiger partial charge is 0.375 e. The number of amides is 1. The molecule has 4 rings (SSSR count). The summed E-state index contributed by atoms with van der Waals surface area (Å²) in [7, 11) is 0. The highest BCUT2D eigenvalue weighted by Gasteiger charge is 2.55. The highest BCUT2D eigenvalue weighted by Crippen LogP contribution is 2.46. The van der Waals surface area contributed by atoms with Crippen molar-refractivity contribution in [2.75, 3.05) is 4.90 Å². The first-order chi connectivity index (χ1) is 13.9. The van der Waals surface area contributed by atoms with Crippen LogP contribution in [0.1, 0.15) is 28.4 Å². The van der Waals surface area contributed by atoms with E-state index in [1.807, 2.05) is 36.4 Å². The number of benzene rings is 3. The van der Waals surface area contributed by atoms with Crippen molar-refractivity contribution in [1.29, 1.82) is 0 Å². The number of ketones is 1. The quantitative estimate of drug-likeness (QED) is 0.631. The summed E-state index contributed by atoms with van der Waals surface area (Å²) in [5.74, 6) is -1.76. The average Bonchev–Trinajstić information content (AvgIpc) is 2.97. The minimum Gasteiger partial charge on any atom is -0.375 e. The molecule has 1 heterocycles. The van der Waals surface area contributed by atoms with E-state index in [4.69, 9.17) is 11.6 Å². The molecule has 0 aliphatic carbocycles. The fourth-order valence-corrected chi connectivity index (χ4v) is 3.98. The molecule has 0 saturated carbocycles. The topological polar surface area (TPSA) is 57.6 Å². The van der Waals surface area contributed by atoms with Gasteiger partial charge in [-0.25, -0.2) is 0 Å².